The number of nitrogens with one attached hydrogen (secondary N) is 1. The fourth-order valence-corrected chi connectivity index (χ4v) is 6.88. The van der Waals surface area contributed by atoms with Crippen LogP contribution < -0.4 is 5.32 Å². The van der Waals surface area contributed by atoms with Crippen LogP contribution in [0.5, 0.6) is 0 Å². The second-order valence-corrected chi connectivity index (χ2v) is 14.2. The second-order valence-electron chi connectivity index (χ2n) is 14.2. The van der Waals surface area contributed by atoms with Crippen molar-refractivity contribution in [3.8, 4) is 0 Å². The molecule has 8 nitrogen and oxygen atoms in total. The number of aliphatic hydroxyl groups is 2. The van der Waals surface area contributed by atoms with Gasteiger partial charge in [0.1, 0.15) is 6.10 Å². The minimum atomic E-state index is -1.04. The molecule has 4 atom stereocenters. The lowest BCUT2D eigenvalue weighted by Gasteiger charge is -2.34. The molecular formula is C33H59N3O5. The zero-order valence-corrected chi connectivity index (χ0v) is 26.4. The fourth-order valence-electron chi connectivity index (χ4n) is 6.88. The van der Waals surface area contributed by atoms with Crippen LogP contribution >= 0.6 is 0 Å². The Morgan fingerprint density at radius 1 is 0.780 bits per heavy atom. The van der Waals surface area contributed by atoms with Gasteiger partial charge in [0, 0.05) is 33.0 Å². The van der Waals surface area contributed by atoms with Crippen LogP contribution in [-0.2, 0) is 14.4 Å². The van der Waals surface area contributed by atoms with Crippen LogP contribution in [0.1, 0.15) is 117 Å². The van der Waals surface area contributed by atoms with Crippen molar-refractivity contribution in [1.82, 2.24) is 15.1 Å². The summed E-state index contributed by atoms with van der Waals surface area (Å²) in [6.07, 6.45) is 13.5. The summed E-state index contributed by atoms with van der Waals surface area (Å²) in [5.74, 6) is 0.563. The summed E-state index contributed by atoms with van der Waals surface area (Å²) in [4.78, 5) is 43.5. The van der Waals surface area contributed by atoms with Gasteiger partial charge in [-0.15, -0.1) is 0 Å². The average molecular weight is 578 g/mol. The lowest BCUT2D eigenvalue weighted by molar-refractivity contribution is -0.142. The molecule has 8 heteroatoms. The van der Waals surface area contributed by atoms with Crippen molar-refractivity contribution in [2.24, 2.45) is 29.6 Å². The Kier molecular flexibility index (Phi) is 13.9. The van der Waals surface area contributed by atoms with Gasteiger partial charge in [0.25, 0.3) is 0 Å². The van der Waals surface area contributed by atoms with Gasteiger partial charge in [-0.3, -0.25) is 14.4 Å². The molecule has 3 rings (SSSR count). The Morgan fingerprint density at radius 2 is 1.34 bits per heavy atom. The highest BCUT2D eigenvalue weighted by atomic mass is 16.3. The predicted octanol–water partition coefficient (Wildman–Crippen LogP) is 4.51. The SMILES string of the molecule is CC(C)C[C@H](O)[C@H](O)[C@H](CC1CCCCC1)NC(=O)[C@@H](CC(=O)N(CC(=O)N(C)C)CC1CCCCC1)CC1CC1. The van der Waals surface area contributed by atoms with Gasteiger partial charge < -0.3 is 25.3 Å². The molecule has 0 aromatic heterocycles. The largest absolute Gasteiger partial charge is 0.390 e. The molecule has 41 heavy (non-hydrogen) atoms. The van der Waals surface area contributed by atoms with Crippen molar-refractivity contribution in [3.63, 3.8) is 0 Å². The number of hydrogen-bond acceptors (Lipinski definition) is 5. The third kappa shape index (κ3) is 11.9. The topological polar surface area (TPSA) is 110 Å². The number of nitrogens with zero attached hydrogens (tertiary/aromatic N) is 2. The van der Waals surface area contributed by atoms with Crippen molar-refractivity contribution in [2.45, 2.75) is 135 Å². The van der Waals surface area contributed by atoms with Crippen LogP contribution in [0.4, 0.5) is 0 Å². The van der Waals surface area contributed by atoms with Gasteiger partial charge in [-0.05, 0) is 55.8 Å². The quantitative estimate of drug-likeness (QED) is 0.250. The maximum absolute atomic E-state index is 13.8. The Bertz CT molecular complexity index is 818. The van der Waals surface area contributed by atoms with Gasteiger partial charge in [0.05, 0.1) is 18.7 Å². The summed E-state index contributed by atoms with van der Waals surface area (Å²) in [5.41, 5.74) is 0. The van der Waals surface area contributed by atoms with Crippen molar-refractivity contribution in [3.05, 3.63) is 0 Å². The van der Waals surface area contributed by atoms with Crippen molar-refractivity contribution >= 4 is 17.7 Å². The van der Waals surface area contributed by atoms with Crippen molar-refractivity contribution in [2.75, 3.05) is 27.2 Å². The van der Waals surface area contributed by atoms with Crippen LogP contribution in [0.25, 0.3) is 0 Å². The molecule has 3 aliphatic carbocycles. The van der Waals surface area contributed by atoms with Gasteiger partial charge in [0.2, 0.25) is 17.7 Å². The van der Waals surface area contributed by atoms with Gasteiger partial charge in [-0.1, -0.05) is 78.1 Å². The second kappa shape index (κ2) is 16.8. The van der Waals surface area contributed by atoms with E-state index >= 15 is 0 Å². The van der Waals surface area contributed by atoms with Crippen molar-refractivity contribution in [1.29, 1.82) is 0 Å². The Hall–Kier alpha value is -1.67. The first kappa shape index (κ1) is 33.8. The van der Waals surface area contributed by atoms with Gasteiger partial charge in [0.15, 0.2) is 0 Å². The maximum atomic E-state index is 13.8. The highest BCUT2D eigenvalue weighted by Crippen LogP contribution is 2.37. The molecule has 3 fully saturated rings. The van der Waals surface area contributed by atoms with Gasteiger partial charge in [-0.25, -0.2) is 0 Å². The number of carbonyl (C=O) groups excluding carboxylic acids is 3. The molecule has 0 aromatic carbocycles. The molecule has 3 saturated carbocycles. The lowest BCUT2D eigenvalue weighted by Crippen LogP contribution is -2.52. The third-order valence-electron chi connectivity index (χ3n) is 9.65. The van der Waals surface area contributed by atoms with Gasteiger partial charge >= 0.3 is 0 Å². The number of rotatable bonds is 16. The highest BCUT2D eigenvalue weighted by molar-refractivity contribution is 5.88. The Balaban J connectivity index is 1.72. The van der Waals surface area contributed by atoms with E-state index in [0.717, 1.165) is 64.2 Å². The first-order valence-corrected chi connectivity index (χ1v) is 16.7. The van der Waals surface area contributed by atoms with E-state index in [1.165, 1.54) is 17.7 Å². The monoisotopic (exact) mass is 577 g/mol. The molecule has 0 unspecified atom stereocenters. The summed E-state index contributed by atoms with van der Waals surface area (Å²) < 4.78 is 0. The summed E-state index contributed by atoms with van der Waals surface area (Å²) in [5, 5.41) is 25.1. The molecule has 0 spiro atoms. The van der Waals surface area contributed by atoms with E-state index < -0.39 is 24.2 Å². The van der Waals surface area contributed by atoms with Crippen LogP contribution in [0.3, 0.4) is 0 Å². The van der Waals surface area contributed by atoms with E-state index in [4.69, 9.17) is 0 Å². The lowest BCUT2D eigenvalue weighted by atomic mass is 9.82. The molecule has 3 aliphatic rings. The summed E-state index contributed by atoms with van der Waals surface area (Å²) in [6, 6.07) is -0.537. The Labute approximate surface area is 249 Å². The maximum Gasteiger partial charge on any atom is 0.241 e. The number of carbonyl (C=O) groups is 3. The zero-order valence-electron chi connectivity index (χ0n) is 26.4. The number of likely N-dealkylation sites (N-methyl/N-ethyl adjacent to an activating group) is 1. The average Bonchev–Trinajstić information content (AvgIpc) is 3.76. The molecule has 0 aromatic rings. The molecule has 0 heterocycles. The molecule has 0 radical (unpaired) electrons. The minimum Gasteiger partial charge on any atom is -0.390 e. The Morgan fingerprint density at radius 3 is 1.88 bits per heavy atom. The smallest absolute Gasteiger partial charge is 0.241 e. The van der Waals surface area contributed by atoms with Crippen LogP contribution in [-0.4, -0.2) is 83.2 Å². The van der Waals surface area contributed by atoms with E-state index in [0.29, 0.717) is 43.6 Å². The summed E-state index contributed by atoms with van der Waals surface area (Å²) in [6.45, 7) is 4.65. The van der Waals surface area contributed by atoms with E-state index in [1.54, 1.807) is 19.0 Å². The zero-order chi connectivity index (χ0) is 29.9. The highest BCUT2D eigenvalue weighted by Gasteiger charge is 2.36. The number of aliphatic hydroxyl groups excluding tert-OH is 2. The third-order valence-corrected chi connectivity index (χ3v) is 9.65. The van der Waals surface area contributed by atoms with Crippen molar-refractivity contribution < 1.29 is 24.6 Å². The minimum absolute atomic E-state index is 0.0461. The predicted molar refractivity (Wildman–Crippen MR) is 162 cm³/mol. The number of amides is 3. The van der Waals surface area contributed by atoms with Gasteiger partial charge in [-0.2, -0.15) is 0 Å². The normalized spacial score (nSPS) is 21.6. The van der Waals surface area contributed by atoms with E-state index in [-0.39, 0.29) is 36.6 Å². The van der Waals surface area contributed by atoms with E-state index in [2.05, 4.69) is 5.32 Å². The molecule has 3 amide bonds. The molecular weight excluding hydrogens is 518 g/mol. The fraction of sp³-hybridized carbons (Fsp3) is 0.909. The van der Waals surface area contributed by atoms with Crippen LogP contribution in [0, 0.1) is 29.6 Å². The first-order chi connectivity index (χ1) is 19.5. The van der Waals surface area contributed by atoms with E-state index in [1.807, 2.05) is 13.8 Å². The molecule has 0 saturated heterocycles. The molecule has 3 N–H and O–H groups in total. The molecule has 236 valence electrons. The first-order valence-electron chi connectivity index (χ1n) is 16.7. The van der Waals surface area contributed by atoms with E-state index in [9.17, 15) is 24.6 Å². The van der Waals surface area contributed by atoms with Crippen LogP contribution in [0.2, 0.25) is 0 Å². The van der Waals surface area contributed by atoms with Crippen LogP contribution in [0.15, 0.2) is 0 Å². The number of hydrogen-bond donors (Lipinski definition) is 3. The summed E-state index contributed by atoms with van der Waals surface area (Å²) >= 11 is 0. The standard InChI is InChI=1S/C33H59N3O5/c1-23(2)17-29(37)32(40)28(19-24-11-7-5-8-12-24)34-33(41)27(18-25-15-16-25)20-30(38)36(22-31(39)35(3)4)21-26-13-9-6-10-14-26/h23-29,32,37,40H,5-22H2,1-4H3,(H,34,41)/t27-,28+,29+,32-/m1/s1. The molecule has 0 bridgehead atoms. The summed E-state index contributed by atoms with van der Waals surface area (Å²) in [7, 11) is 3.42. The molecule has 0 aliphatic heterocycles.